The van der Waals surface area contributed by atoms with Crippen LogP contribution in [-0.4, -0.2) is 20.2 Å². The first-order chi connectivity index (χ1) is 11.3. The topological polar surface area (TPSA) is 61.2 Å². The molecule has 0 radical (unpaired) electrons. The lowest BCUT2D eigenvalue weighted by Gasteiger charge is -2.31. The van der Waals surface area contributed by atoms with Gasteiger partial charge in [-0.2, -0.15) is 5.10 Å². The zero-order chi connectivity index (χ0) is 15.8. The number of anilines is 2. The van der Waals surface area contributed by atoms with E-state index in [4.69, 9.17) is 0 Å². The first-order valence-electron chi connectivity index (χ1n) is 7.16. The zero-order valence-electron chi connectivity index (χ0n) is 12.1. The maximum atomic E-state index is 12.9. The predicted molar refractivity (Wildman–Crippen MR) is 86.9 cm³/mol. The summed E-state index contributed by atoms with van der Waals surface area (Å²) in [7, 11) is 0. The molecule has 1 aromatic heterocycles. The fourth-order valence-corrected chi connectivity index (χ4v) is 4.06. The largest absolute Gasteiger partial charge is 0.606 e. The summed E-state index contributed by atoms with van der Waals surface area (Å²) in [5, 5.41) is 4.09. The van der Waals surface area contributed by atoms with Crippen LogP contribution in [0.15, 0.2) is 76.8 Å². The van der Waals surface area contributed by atoms with Gasteiger partial charge in [0.25, 0.3) is 5.91 Å². The molecule has 5 nitrogen and oxygen atoms in total. The van der Waals surface area contributed by atoms with Crippen LogP contribution in [0, 0.1) is 0 Å². The number of benzene rings is 2. The molecule has 0 bridgehead atoms. The van der Waals surface area contributed by atoms with E-state index in [2.05, 4.69) is 5.10 Å². The van der Waals surface area contributed by atoms with Crippen LogP contribution in [0.25, 0.3) is 0 Å². The highest BCUT2D eigenvalue weighted by Gasteiger charge is 2.36. The summed E-state index contributed by atoms with van der Waals surface area (Å²) in [5.74, 6) is -0.120. The lowest BCUT2D eigenvalue weighted by atomic mass is 10.2. The average molecular weight is 323 g/mol. The quantitative estimate of drug-likeness (QED) is 0.681. The Kier molecular flexibility index (Phi) is 3.40. The van der Waals surface area contributed by atoms with Crippen LogP contribution < -0.4 is 4.90 Å². The van der Waals surface area contributed by atoms with E-state index in [9.17, 15) is 9.35 Å². The molecule has 1 aliphatic heterocycles. The van der Waals surface area contributed by atoms with E-state index >= 15 is 0 Å². The van der Waals surface area contributed by atoms with Gasteiger partial charge in [0, 0.05) is 23.6 Å². The van der Waals surface area contributed by atoms with Gasteiger partial charge in [-0.1, -0.05) is 24.3 Å². The van der Waals surface area contributed by atoms with Gasteiger partial charge >= 0.3 is 0 Å². The van der Waals surface area contributed by atoms with Gasteiger partial charge in [-0.15, -0.1) is 0 Å². The number of aromatic nitrogens is 2. The molecule has 0 saturated carbocycles. The zero-order valence-corrected chi connectivity index (χ0v) is 12.9. The Labute approximate surface area is 136 Å². The van der Waals surface area contributed by atoms with E-state index < -0.39 is 11.2 Å². The fraction of sp³-hybridized carbons (Fsp3) is 0.0588. The summed E-state index contributed by atoms with van der Waals surface area (Å²) < 4.78 is 14.3. The molecule has 4 rings (SSSR count). The van der Waals surface area contributed by atoms with Gasteiger partial charge in [0.15, 0.2) is 9.79 Å². The van der Waals surface area contributed by atoms with E-state index in [1.807, 2.05) is 36.4 Å². The van der Waals surface area contributed by atoms with Gasteiger partial charge in [0.1, 0.15) is 17.9 Å². The molecule has 0 unspecified atom stereocenters. The summed E-state index contributed by atoms with van der Waals surface area (Å²) >= 11 is -1.28. The van der Waals surface area contributed by atoms with Crippen molar-refractivity contribution in [3.05, 3.63) is 67.0 Å². The SMILES string of the molecule is O=C(Cn1cccn1)N1c2ccccc2[S+]([O-])c2ccccc21. The molecule has 2 aromatic carbocycles. The predicted octanol–water partition coefficient (Wildman–Crippen LogP) is 2.73. The second-order valence-electron chi connectivity index (χ2n) is 5.14. The number of carbonyl (C=O) groups is 1. The van der Waals surface area contributed by atoms with Crippen LogP contribution in [0.5, 0.6) is 0 Å². The minimum absolute atomic E-state index is 0.120. The van der Waals surface area contributed by atoms with Crippen LogP contribution in [0.2, 0.25) is 0 Å². The number of amides is 1. The van der Waals surface area contributed by atoms with Crippen molar-refractivity contribution in [1.29, 1.82) is 0 Å². The summed E-state index contributed by atoms with van der Waals surface area (Å²) in [4.78, 5) is 15.8. The Morgan fingerprint density at radius 3 is 2.17 bits per heavy atom. The first kappa shape index (κ1) is 14.0. The van der Waals surface area contributed by atoms with Gasteiger partial charge in [-0.3, -0.25) is 14.4 Å². The molecule has 0 aliphatic carbocycles. The van der Waals surface area contributed by atoms with Crippen molar-refractivity contribution in [2.24, 2.45) is 0 Å². The van der Waals surface area contributed by atoms with Crippen molar-refractivity contribution >= 4 is 28.5 Å². The lowest BCUT2D eigenvalue weighted by Crippen LogP contribution is -2.34. The van der Waals surface area contributed by atoms with E-state index in [1.165, 1.54) is 0 Å². The Morgan fingerprint density at radius 1 is 1.00 bits per heavy atom. The van der Waals surface area contributed by atoms with Gasteiger partial charge in [-0.25, -0.2) is 0 Å². The van der Waals surface area contributed by atoms with Gasteiger partial charge < -0.3 is 4.55 Å². The highest BCUT2D eigenvalue weighted by atomic mass is 32.2. The van der Waals surface area contributed by atoms with E-state index in [1.54, 1.807) is 40.2 Å². The van der Waals surface area contributed by atoms with Crippen molar-refractivity contribution in [3.63, 3.8) is 0 Å². The maximum absolute atomic E-state index is 12.9. The number of carbonyl (C=O) groups excluding carboxylic acids is 1. The molecule has 0 N–H and O–H groups in total. The van der Waals surface area contributed by atoms with Crippen LogP contribution >= 0.6 is 0 Å². The normalized spacial score (nSPS) is 13.5. The second-order valence-corrected chi connectivity index (χ2v) is 6.55. The van der Waals surface area contributed by atoms with Gasteiger partial charge in [0.2, 0.25) is 0 Å². The number of fused-ring (bicyclic) bond motifs is 2. The minimum atomic E-state index is -1.28. The van der Waals surface area contributed by atoms with Crippen LogP contribution in [-0.2, 0) is 22.5 Å². The van der Waals surface area contributed by atoms with Crippen molar-refractivity contribution in [2.75, 3.05) is 4.90 Å². The summed E-state index contributed by atoms with van der Waals surface area (Å²) in [6.45, 7) is 0.127. The number of para-hydroxylation sites is 2. The monoisotopic (exact) mass is 323 g/mol. The number of hydrogen-bond donors (Lipinski definition) is 0. The summed E-state index contributed by atoms with van der Waals surface area (Å²) in [6, 6.07) is 16.4. The molecule has 1 amide bonds. The lowest BCUT2D eigenvalue weighted by molar-refractivity contribution is -0.118. The van der Waals surface area contributed by atoms with Gasteiger partial charge in [-0.05, 0) is 30.3 Å². The van der Waals surface area contributed by atoms with E-state index in [-0.39, 0.29) is 12.5 Å². The molecule has 23 heavy (non-hydrogen) atoms. The third-order valence-electron chi connectivity index (χ3n) is 3.72. The number of rotatable bonds is 2. The number of nitrogens with zero attached hydrogens (tertiary/aromatic N) is 3. The second kappa shape index (κ2) is 5.57. The highest BCUT2D eigenvalue weighted by molar-refractivity contribution is 7.92. The molecule has 0 fully saturated rings. The molecule has 6 heteroatoms. The molecular formula is C17H13N3O2S. The Balaban J connectivity index is 1.82. The number of hydrogen-bond acceptors (Lipinski definition) is 3. The molecular weight excluding hydrogens is 310 g/mol. The Hall–Kier alpha value is -2.57. The van der Waals surface area contributed by atoms with Crippen LogP contribution in [0.1, 0.15) is 0 Å². The van der Waals surface area contributed by atoms with Crippen molar-refractivity contribution in [3.8, 4) is 0 Å². The Bertz CT molecular complexity index is 816. The van der Waals surface area contributed by atoms with Crippen LogP contribution in [0.4, 0.5) is 11.4 Å². The third-order valence-corrected chi connectivity index (χ3v) is 5.21. The molecule has 0 spiro atoms. The Morgan fingerprint density at radius 2 is 1.61 bits per heavy atom. The molecule has 114 valence electrons. The summed E-state index contributed by atoms with van der Waals surface area (Å²) in [5.41, 5.74) is 1.34. The minimum Gasteiger partial charge on any atom is -0.606 e. The van der Waals surface area contributed by atoms with Crippen molar-refractivity contribution in [2.45, 2.75) is 16.3 Å². The maximum Gasteiger partial charge on any atom is 0.253 e. The molecule has 3 aromatic rings. The third kappa shape index (κ3) is 2.32. The van der Waals surface area contributed by atoms with Gasteiger partial charge in [0.05, 0.1) is 0 Å². The fourth-order valence-electron chi connectivity index (χ4n) is 2.72. The van der Waals surface area contributed by atoms with E-state index in [0.717, 1.165) is 0 Å². The van der Waals surface area contributed by atoms with Crippen LogP contribution in [0.3, 0.4) is 0 Å². The molecule has 0 atom stereocenters. The van der Waals surface area contributed by atoms with Crippen molar-refractivity contribution < 1.29 is 9.35 Å². The molecule has 2 heterocycles. The smallest absolute Gasteiger partial charge is 0.253 e. The molecule has 0 saturated heterocycles. The highest BCUT2D eigenvalue weighted by Crippen LogP contribution is 2.43. The van der Waals surface area contributed by atoms with E-state index in [0.29, 0.717) is 21.2 Å². The first-order valence-corrected chi connectivity index (χ1v) is 8.31. The summed E-state index contributed by atoms with van der Waals surface area (Å²) in [6.07, 6.45) is 3.39. The average Bonchev–Trinajstić information content (AvgIpc) is 3.08. The standard InChI is InChI=1S/C17H13N3O2S/c21-17(12-19-11-5-10-18-19)20-13-6-1-3-8-15(13)23(22)16-9-4-2-7-14(16)20/h1-11H,12H2. The molecule has 1 aliphatic rings. The van der Waals surface area contributed by atoms with Crippen molar-refractivity contribution in [1.82, 2.24) is 9.78 Å².